The molecule has 0 atom stereocenters. The number of benzene rings is 1. The minimum atomic E-state index is -0.226. The fourth-order valence-corrected chi connectivity index (χ4v) is 3.51. The van der Waals surface area contributed by atoms with Gasteiger partial charge < -0.3 is 9.64 Å². The first-order valence-electron chi connectivity index (χ1n) is 7.29. The minimum absolute atomic E-state index is 0.00284. The monoisotopic (exact) mass is 331 g/mol. The molecular formula is C16H17N3O3S. The summed E-state index contributed by atoms with van der Waals surface area (Å²) in [6, 6.07) is 9.25. The van der Waals surface area contributed by atoms with E-state index in [1.54, 1.807) is 0 Å². The standard InChI is InChI=1S/C16H17N3O3S/c1-22-10-14(20)18-16-17-12-7-8-19(9-13(12)23-16)15(21)11-5-3-2-4-6-11/h2-6H,7-10H2,1H3,(H,17,18,20). The molecule has 7 heteroatoms. The number of nitrogens with one attached hydrogen (secondary N) is 1. The summed E-state index contributed by atoms with van der Waals surface area (Å²) in [7, 11) is 1.47. The predicted octanol–water partition coefficient (Wildman–Crippen LogP) is 1.93. The molecule has 1 aromatic carbocycles. The molecule has 23 heavy (non-hydrogen) atoms. The van der Waals surface area contributed by atoms with E-state index >= 15 is 0 Å². The van der Waals surface area contributed by atoms with Crippen LogP contribution in [0.15, 0.2) is 30.3 Å². The molecule has 0 bridgehead atoms. The number of hydrogen-bond acceptors (Lipinski definition) is 5. The van der Waals surface area contributed by atoms with Crippen molar-refractivity contribution in [3.8, 4) is 0 Å². The number of aromatic nitrogens is 1. The Morgan fingerprint density at radius 2 is 2.13 bits per heavy atom. The first-order chi connectivity index (χ1) is 11.2. The van der Waals surface area contributed by atoms with Gasteiger partial charge in [-0.25, -0.2) is 4.98 Å². The number of amides is 2. The van der Waals surface area contributed by atoms with E-state index in [4.69, 9.17) is 4.74 Å². The maximum absolute atomic E-state index is 12.5. The fourth-order valence-electron chi connectivity index (χ4n) is 2.47. The van der Waals surface area contributed by atoms with Gasteiger partial charge in [-0.05, 0) is 12.1 Å². The van der Waals surface area contributed by atoms with Crippen LogP contribution in [0.3, 0.4) is 0 Å². The molecule has 3 rings (SSSR count). The maximum atomic E-state index is 12.5. The third-order valence-electron chi connectivity index (χ3n) is 3.56. The highest BCUT2D eigenvalue weighted by molar-refractivity contribution is 7.15. The second-order valence-corrected chi connectivity index (χ2v) is 6.30. The van der Waals surface area contributed by atoms with E-state index in [-0.39, 0.29) is 18.4 Å². The lowest BCUT2D eigenvalue weighted by Crippen LogP contribution is -2.35. The lowest BCUT2D eigenvalue weighted by atomic mass is 10.1. The van der Waals surface area contributed by atoms with E-state index in [2.05, 4.69) is 10.3 Å². The Morgan fingerprint density at radius 3 is 2.87 bits per heavy atom. The van der Waals surface area contributed by atoms with Crippen molar-refractivity contribution in [1.29, 1.82) is 0 Å². The maximum Gasteiger partial charge on any atom is 0.254 e. The zero-order chi connectivity index (χ0) is 16.2. The Kier molecular flexibility index (Phi) is 4.68. The van der Waals surface area contributed by atoms with Crippen LogP contribution in [0.1, 0.15) is 20.9 Å². The molecule has 6 nitrogen and oxygen atoms in total. The first-order valence-corrected chi connectivity index (χ1v) is 8.10. The van der Waals surface area contributed by atoms with Gasteiger partial charge in [0.15, 0.2) is 5.13 Å². The lowest BCUT2D eigenvalue weighted by molar-refractivity contribution is -0.119. The Hall–Kier alpha value is -2.25. The highest BCUT2D eigenvalue weighted by Crippen LogP contribution is 2.29. The summed E-state index contributed by atoms with van der Waals surface area (Å²) in [6.07, 6.45) is 0.699. The van der Waals surface area contributed by atoms with E-state index < -0.39 is 0 Å². The van der Waals surface area contributed by atoms with Crippen molar-refractivity contribution in [2.45, 2.75) is 13.0 Å². The topological polar surface area (TPSA) is 71.5 Å². The van der Waals surface area contributed by atoms with Crippen LogP contribution in [-0.2, 0) is 22.5 Å². The van der Waals surface area contributed by atoms with E-state index in [0.717, 1.165) is 10.6 Å². The number of ether oxygens (including phenoxy) is 1. The number of nitrogens with zero attached hydrogens (tertiary/aromatic N) is 2. The second-order valence-electron chi connectivity index (χ2n) is 5.21. The number of carbonyl (C=O) groups excluding carboxylic acids is 2. The summed E-state index contributed by atoms with van der Waals surface area (Å²) in [5, 5.41) is 3.28. The number of thiazole rings is 1. The number of hydrogen-bond donors (Lipinski definition) is 1. The van der Waals surface area contributed by atoms with Crippen molar-refractivity contribution in [3.63, 3.8) is 0 Å². The molecule has 2 amide bonds. The highest BCUT2D eigenvalue weighted by atomic mass is 32.1. The van der Waals surface area contributed by atoms with Crippen molar-refractivity contribution < 1.29 is 14.3 Å². The molecule has 0 aliphatic carbocycles. The summed E-state index contributed by atoms with van der Waals surface area (Å²) < 4.78 is 4.79. The van der Waals surface area contributed by atoms with E-state index in [1.807, 2.05) is 35.2 Å². The summed E-state index contributed by atoms with van der Waals surface area (Å²) in [5.41, 5.74) is 1.65. The molecule has 0 radical (unpaired) electrons. The second kappa shape index (κ2) is 6.89. The molecule has 1 aliphatic heterocycles. The van der Waals surface area contributed by atoms with E-state index in [0.29, 0.717) is 30.2 Å². The molecule has 0 unspecified atom stereocenters. The average Bonchev–Trinajstić information content (AvgIpc) is 2.96. The Bertz CT molecular complexity index is 715. The number of rotatable bonds is 4. The van der Waals surface area contributed by atoms with Crippen molar-refractivity contribution in [2.75, 3.05) is 25.6 Å². The van der Waals surface area contributed by atoms with Gasteiger partial charge in [0.2, 0.25) is 0 Å². The summed E-state index contributed by atoms with van der Waals surface area (Å²) in [5.74, 6) is -0.203. The fraction of sp³-hybridized carbons (Fsp3) is 0.312. The van der Waals surface area contributed by atoms with Crippen molar-refractivity contribution in [1.82, 2.24) is 9.88 Å². The van der Waals surface area contributed by atoms with Crippen LogP contribution < -0.4 is 5.32 Å². The summed E-state index contributed by atoms with van der Waals surface area (Å²) >= 11 is 1.41. The van der Waals surface area contributed by atoms with Crippen LogP contribution in [0, 0.1) is 0 Å². The quantitative estimate of drug-likeness (QED) is 0.929. The number of methoxy groups -OCH3 is 1. The van der Waals surface area contributed by atoms with Gasteiger partial charge in [-0.1, -0.05) is 29.5 Å². The van der Waals surface area contributed by atoms with Crippen molar-refractivity contribution in [2.24, 2.45) is 0 Å². The normalized spacial score (nSPS) is 13.5. The van der Waals surface area contributed by atoms with Crippen LogP contribution in [0.4, 0.5) is 5.13 Å². The van der Waals surface area contributed by atoms with Crippen LogP contribution in [-0.4, -0.2) is 42.0 Å². The molecule has 1 aromatic heterocycles. The molecular weight excluding hydrogens is 314 g/mol. The predicted molar refractivity (Wildman–Crippen MR) is 87.5 cm³/mol. The molecule has 2 heterocycles. The SMILES string of the molecule is COCC(=O)Nc1nc2c(s1)CN(C(=O)c1ccccc1)CC2. The zero-order valence-electron chi connectivity index (χ0n) is 12.7. The van der Waals surface area contributed by atoms with Gasteiger partial charge in [0.1, 0.15) is 6.61 Å². The van der Waals surface area contributed by atoms with Crippen LogP contribution in [0.2, 0.25) is 0 Å². The Labute approximate surface area is 138 Å². The molecule has 1 N–H and O–H groups in total. The van der Waals surface area contributed by atoms with Crippen LogP contribution in [0.25, 0.3) is 0 Å². The lowest BCUT2D eigenvalue weighted by Gasteiger charge is -2.26. The third kappa shape index (κ3) is 3.57. The van der Waals surface area contributed by atoms with Crippen molar-refractivity contribution in [3.05, 3.63) is 46.5 Å². The minimum Gasteiger partial charge on any atom is -0.375 e. The molecule has 0 saturated carbocycles. The summed E-state index contributed by atoms with van der Waals surface area (Å²) in [4.78, 5) is 31.3. The Morgan fingerprint density at radius 1 is 1.35 bits per heavy atom. The molecule has 0 saturated heterocycles. The van der Waals surface area contributed by atoms with E-state index in [9.17, 15) is 9.59 Å². The van der Waals surface area contributed by atoms with Gasteiger partial charge in [0, 0.05) is 30.5 Å². The van der Waals surface area contributed by atoms with Gasteiger partial charge in [0.25, 0.3) is 11.8 Å². The molecule has 120 valence electrons. The molecule has 0 spiro atoms. The summed E-state index contributed by atoms with van der Waals surface area (Å²) in [6.45, 7) is 1.17. The number of fused-ring (bicyclic) bond motifs is 1. The van der Waals surface area contributed by atoms with Gasteiger partial charge >= 0.3 is 0 Å². The van der Waals surface area contributed by atoms with Gasteiger partial charge in [0.05, 0.1) is 12.2 Å². The van der Waals surface area contributed by atoms with Gasteiger partial charge in [-0.3, -0.25) is 14.9 Å². The Balaban J connectivity index is 1.70. The zero-order valence-corrected chi connectivity index (χ0v) is 13.6. The van der Waals surface area contributed by atoms with Crippen LogP contribution in [0.5, 0.6) is 0 Å². The van der Waals surface area contributed by atoms with Gasteiger partial charge in [-0.15, -0.1) is 0 Å². The van der Waals surface area contributed by atoms with Crippen LogP contribution >= 0.6 is 11.3 Å². The third-order valence-corrected chi connectivity index (χ3v) is 4.56. The number of carbonyl (C=O) groups is 2. The smallest absolute Gasteiger partial charge is 0.254 e. The molecule has 1 aliphatic rings. The van der Waals surface area contributed by atoms with E-state index in [1.165, 1.54) is 18.4 Å². The number of anilines is 1. The average molecular weight is 331 g/mol. The largest absolute Gasteiger partial charge is 0.375 e. The highest BCUT2D eigenvalue weighted by Gasteiger charge is 2.25. The van der Waals surface area contributed by atoms with Gasteiger partial charge in [-0.2, -0.15) is 0 Å². The molecule has 0 fully saturated rings. The van der Waals surface area contributed by atoms with Crippen molar-refractivity contribution >= 4 is 28.3 Å². The first kappa shape index (κ1) is 15.6. The molecule has 2 aromatic rings.